The van der Waals surface area contributed by atoms with Gasteiger partial charge >= 0.3 is 0 Å². The van der Waals surface area contributed by atoms with E-state index in [-0.39, 0.29) is 18.3 Å². The van der Waals surface area contributed by atoms with Crippen LogP contribution in [0.25, 0.3) is 0 Å². The highest BCUT2D eigenvalue weighted by atomic mass is 35.5. The van der Waals surface area contributed by atoms with Gasteiger partial charge in [0.25, 0.3) is 0 Å². The molecule has 2 fully saturated rings. The highest BCUT2D eigenvalue weighted by Crippen LogP contribution is 2.14. The molecule has 112 valence electrons. The maximum absolute atomic E-state index is 12.1. The van der Waals surface area contributed by atoms with Crippen LogP contribution in [0.5, 0.6) is 0 Å². The van der Waals surface area contributed by atoms with Crippen LogP contribution >= 0.6 is 23.7 Å². The standard InChI is InChI=1S/C13H20N4OS.ClH/c1-10-15-12(9-19-10)8-16-2-4-17(5-3-16)13(18)11-6-14-7-11;/h9,11,14H,2-8H2,1H3;1H. The third-order valence-corrected chi connectivity index (χ3v) is 4.69. The number of nitrogens with zero attached hydrogens (tertiary/aromatic N) is 3. The van der Waals surface area contributed by atoms with Crippen LogP contribution in [-0.4, -0.2) is 60.0 Å². The van der Waals surface area contributed by atoms with Gasteiger partial charge in [0.2, 0.25) is 5.91 Å². The molecule has 0 aromatic carbocycles. The van der Waals surface area contributed by atoms with Crippen molar-refractivity contribution < 1.29 is 4.79 Å². The van der Waals surface area contributed by atoms with Gasteiger partial charge in [-0.25, -0.2) is 4.98 Å². The summed E-state index contributed by atoms with van der Waals surface area (Å²) < 4.78 is 0. The van der Waals surface area contributed by atoms with Crippen molar-refractivity contribution in [3.8, 4) is 0 Å². The van der Waals surface area contributed by atoms with E-state index in [1.807, 2.05) is 11.8 Å². The molecule has 0 radical (unpaired) electrons. The number of aromatic nitrogens is 1. The summed E-state index contributed by atoms with van der Waals surface area (Å²) in [6, 6.07) is 0. The van der Waals surface area contributed by atoms with Gasteiger partial charge in [-0.3, -0.25) is 9.69 Å². The Labute approximate surface area is 129 Å². The SMILES string of the molecule is Cc1nc(CN2CCN(C(=O)C3CNC3)CC2)cs1.Cl. The number of carbonyl (C=O) groups is 1. The van der Waals surface area contributed by atoms with E-state index in [1.54, 1.807) is 11.3 Å². The molecule has 0 unspecified atom stereocenters. The molecule has 3 rings (SSSR count). The maximum atomic E-state index is 12.1. The van der Waals surface area contributed by atoms with Crippen LogP contribution in [0.2, 0.25) is 0 Å². The minimum Gasteiger partial charge on any atom is -0.340 e. The second-order valence-corrected chi connectivity index (χ2v) is 6.38. The molecule has 2 saturated heterocycles. The van der Waals surface area contributed by atoms with E-state index in [0.29, 0.717) is 5.91 Å². The van der Waals surface area contributed by atoms with E-state index < -0.39 is 0 Å². The number of aryl methyl sites for hydroxylation is 1. The van der Waals surface area contributed by atoms with Gasteiger partial charge in [-0.2, -0.15) is 0 Å². The lowest BCUT2D eigenvalue weighted by Gasteiger charge is -2.38. The zero-order valence-electron chi connectivity index (χ0n) is 11.7. The number of halogens is 1. The first-order chi connectivity index (χ1) is 9.22. The molecule has 0 atom stereocenters. The van der Waals surface area contributed by atoms with Gasteiger partial charge in [0.1, 0.15) is 0 Å². The molecule has 1 N–H and O–H groups in total. The zero-order valence-corrected chi connectivity index (χ0v) is 13.3. The first-order valence-electron chi connectivity index (χ1n) is 6.85. The molecule has 2 aliphatic heterocycles. The second-order valence-electron chi connectivity index (χ2n) is 5.31. The Hall–Kier alpha value is -0.690. The van der Waals surface area contributed by atoms with E-state index in [1.165, 1.54) is 0 Å². The van der Waals surface area contributed by atoms with Gasteiger partial charge in [-0.05, 0) is 6.92 Å². The van der Waals surface area contributed by atoms with E-state index in [9.17, 15) is 4.79 Å². The average Bonchev–Trinajstić information content (AvgIpc) is 2.73. The smallest absolute Gasteiger partial charge is 0.228 e. The molecule has 7 heteroatoms. The number of hydrogen-bond acceptors (Lipinski definition) is 5. The fourth-order valence-electron chi connectivity index (χ4n) is 2.56. The van der Waals surface area contributed by atoms with Gasteiger partial charge in [0.05, 0.1) is 16.6 Å². The number of thiazole rings is 1. The summed E-state index contributed by atoms with van der Waals surface area (Å²) in [6.45, 7) is 8.31. The molecule has 1 amide bonds. The maximum Gasteiger partial charge on any atom is 0.228 e. The second kappa shape index (κ2) is 6.85. The van der Waals surface area contributed by atoms with Gasteiger partial charge in [-0.1, -0.05) is 0 Å². The van der Waals surface area contributed by atoms with Crippen molar-refractivity contribution in [1.82, 2.24) is 20.1 Å². The summed E-state index contributed by atoms with van der Waals surface area (Å²) in [5, 5.41) is 6.42. The molecule has 2 aliphatic rings. The van der Waals surface area contributed by atoms with Crippen molar-refractivity contribution in [1.29, 1.82) is 0 Å². The summed E-state index contributed by atoms with van der Waals surface area (Å²) in [5.41, 5.74) is 1.16. The number of carbonyl (C=O) groups excluding carboxylic acids is 1. The summed E-state index contributed by atoms with van der Waals surface area (Å²) >= 11 is 1.70. The summed E-state index contributed by atoms with van der Waals surface area (Å²) in [6.07, 6.45) is 0. The van der Waals surface area contributed by atoms with Crippen molar-refractivity contribution >= 4 is 29.7 Å². The van der Waals surface area contributed by atoms with E-state index in [2.05, 4.69) is 20.6 Å². The lowest BCUT2D eigenvalue weighted by atomic mass is 10.0. The number of hydrogen-bond donors (Lipinski definition) is 1. The zero-order chi connectivity index (χ0) is 13.2. The molecule has 20 heavy (non-hydrogen) atoms. The largest absolute Gasteiger partial charge is 0.340 e. The molecule has 0 bridgehead atoms. The van der Waals surface area contributed by atoms with Crippen molar-refractivity contribution in [2.24, 2.45) is 5.92 Å². The Balaban J connectivity index is 0.00000147. The Bertz CT molecular complexity index is 455. The lowest BCUT2D eigenvalue weighted by molar-refractivity contribution is -0.138. The Morgan fingerprint density at radius 2 is 2.10 bits per heavy atom. The molecule has 0 saturated carbocycles. The van der Waals surface area contributed by atoms with E-state index in [0.717, 1.165) is 56.5 Å². The van der Waals surface area contributed by atoms with Crippen molar-refractivity contribution in [2.45, 2.75) is 13.5 Å². The first kappa shape index (κ1) is 15.7. The molecule has 3 heterocycles. The third-order valence-electron chi connectivity index (χ3n) is 3.87. The lowest BCUT2D eigenvalue weighted by Crippen LogP contribution is -2.56. The van der Waals surface area contributed by atoms with Gasteiger partial charge < -0.3 is 10.2 Å². The topological polar surface area (TPSA) is 48.5 Å². The van der Waals surface area contributed by atoms with Crippen LogP contribution in [0, 0.1) is 12.8 Å². The van der Waals surface area contributed by atoms with Crippen LogP contribution in [0.3, 0.4) is 0 Å². The molecule has 1 aromatic heterocycles. The predicted octanol–water partition coefficient (Wildman–Crippen LogP) is 0.737. The fourth-order valence-corrected chi connectivity index (χ4v) is 3.16. The van der Waals surface area contributed by atoms with Crippen molar-refractivity contribution in [2.75, 3.05) is 39.3 Å². The Morgan fingerprint density at radius 1 is 1.40 bits per heavy atom. The molecular weight excluding hydrogens is 296 g/mol. The van der Waals surface area contributed by atoms with Crippen LogP contribution in [0.15, 0.2) is 5.38 Å². The van der Waals surface area contributed by atoms with Gasteiger partial charge in [0, 0.05) is 51.2 Å². The summed E-state index contributed by atoms with van der Waals surface area (Å²) in [4.78, 5) is 21.0. The quantitative estimate of drug-likeness (QED) is 0.893. The number of piperazine rings is 1. The van der Waals surface area contributed by atoms with Gasteiger partial charge in [-0.15, -0.1) is 23.7 Å². The molecule has 1 aromatic rings. The van der Waals surface area contributed by atoms with Crippen LogP contribution in [0.1, 0.15) is 10.7 Å². The van der Waals surface area contributed by atoms with Crippen LogP contribution < -0.4 is 5.32 Å². The van der Waals surface area contributed by atoms with E-state index in [4.69, 9.17) is 0 Å². The molecule has 0 aliphatic carbocycles. The first-order valence-corrected chi connectivity index (χ1v) is 7.73. The van der Waals surface area contributed by atoms with Crippen LogP contribution in [0.4, 0.5) is 0 Å². The Kier molecular flexibility index (Phi) is 5.37. The van der Waals surface area contributed by atoms with Crippen molar-refractivity contribution in [3.05, 3.63) is 16.1 Å². The third kappa shape index (κ3) is 3.49. The molecule has 0 spiro atoms. The monoisotopic (exact) mass is 316 g/mol. The highest BCUT2D eigenvalue weighted by molar-refractivity contribution is 7.09. The minimum absolute atomic E-state index is 0. The summed E-state index contributed by atoms with van der Waals surface area (Å²) in [7, 11) is 0. The fraction of sp³-hybridized carbons (Fsp3) is 0.692. The number of amides is 1. The van der Waals surface area contributed by atoms with Gasteiger partial charge in [0.15, 0.2) is 0 Å². The van der Waals surface area contributed by atoms with Crippen molar-refractivity contribution in [3.63, 3.8) is 0 Å². The minimum atomic E-state index is 0. The molecular formula is C13H21ClN4OS. The average molecular weight is 317 g/mol. The highest BCUT2D eigenvalue weighted by Gasteiger charge is 2.31. The predicted molar refractivity (Wildman–Crippen MR) is 82.3 cm³/mol. The van der Waals surface area contributed by atoms with E-state index >= 15 is 0 Å². The molecule has 5 nitrogen and oxygen atoms in total. The van der Waals surface area contributed by atoms with Crippen LogP contribution in [-0.2, 0) is 11.3 Å². The number of rotatable bonds is 3. The Morgan fingerprint density at radius 3 is 2.60 bits per heavy atom. The number of nitrogens with one attached hydrogen (secondary N) is 1. The summed E-state index contributed by atoms with van der Waals surface area (Å²) in [5.74, 6) is 0.565. The normalized spacial score (nSPS) is 20.4.